The summed E-state index contributed by atoms with van der Waals surface area (Å²) in [6, 6.07) is 0. The predicted octanol–water partition coefficient (Wildman–Crippen LogP) is 2.13. The second-order valence-electron chi connectivity index (χ2n) is 2.21. The molecular weight excluding hydrogens is 201 g/mol. The molecule has 0 radical (unpaired) electrons. The topological polar surface area (TPSA) is 38.9 Å². The van der Waals surface area contributed by atoms with E-state index in [1.807, 2.05) is 0 Å². The zero-order chi connectivity index (χ0) is 9.90. The van der Waals surface area contributed by atoms with Gasteiger partial charge in [-0.2, -0.15) is 13.2 Å². The Bertz CT molecular complexity index is 303. The van der Waals surface area contributed by atoms with Crippen LogP contribution in [0.5, 0.6) is 0 Å². The Morgan fingerprint density at radius 2 is 2.23 bits per heavy atom. The van der Waals surface area contributed by atoms with Gasteiger partial charge in [0, 0.05) is 11.9 Å². The lowest BCUT2D eigenvalue weighted by molar-refractivity contribution is -0.140. The van der Waals surface area contributed by atoms with Gasteiger partial charge >= 0.3 is 6.18 Å². The highest BCUT2D eigenvalue weighted by atomic mass is 32.1. The van der Waals surface area contributed by atoms with Gasteiger partial charge in [0.05, 0.1) is 0 Å². The van der Waals surface area contributed by atoms with Crippen molar-refractivity contribution in [2.24, 2.45) is 5.73 Å². The van der Waals surface area contributed by atoms with E-state index in [-0.39, 0.29) is 0 Å². The number of rotatable bonds is 2. The molecule has 0 saturated heterocycles. The summed E-state index contributed by atoms with van der Waals surface area (Å²) in [4.78, 5) is 3.37. The van der Waals surface area contributed by atoms with E-state index in [4.69, 9.17) is 5.73 Å². The van der Waals surface area contributed by atoms with Crippen molar-refractivity contribution in [2.45, 2.75) is 6.18 Å². The van der Waals surface area contributed by atoms with Crippen molar-refractivity contribution in [3.8, 4) is 0 Å². The van der Waals surface area contributed by atoms with Crippen LogP contribution in [0.25, 0.3) is 6.08 Å². The number of thiazole rings is 1. The molecule has 72 valence electrons. The van der Waals surface area contributed by atoms with Crippen molar-refractivity contribution >= 4 is 17.4 Å². The van der Waals surface area contributed by atoms with Crippen LogP contribution in [0.1, 0.15) is 10.7 Å². The minimum Gasteiger partial charge on any atom is -0.327 e. The van der Waals surface area contributed by atoms with Crippen molar-refractivity contribution in [1.82, 2.24) is 4.98 Å². The van der Waals surface area contributed by atoms with Crippen LogP contribution in [0.15, 0.2) is 11.5 Å². The molecule has 1 aromatic rings. The summed E-state index contributed by atoms with van der Waals surface area (Å²) < 4.78 is 36.1. The van der Waals surface area contributed by atoms with Crippen molar-refractivity contribution in [3.63, 3.8) is 0 Å². The zero-order valence-electron chi connectivity index (χ0n) is 6.51. The normalized spacial score (nSPS) is 12.6. The van der Waals surface area contributed by atoms with Gasteiger partial charge in [-0.15, -0.1) is 11.3 Å². The summed E-state index contributed by atoms with van der Waals surface area (Å²) >= 11 is 0.943. The van der Waals surface area contributed by atoms with Gasteiger partial charge in [-0.05, 0) is 6.08 Å². The Kier molecular flexibility index (Phi) is 3.05. The third-order valence-electron chi connectivity index (χ3n) is 1.21. The number of nitrogens with two attached hydrogens (primary N) is 1. The van der Waals surface area contributed by atoms with E-state index in [1.54, 1.807) is 6.08 Å². The Balaban J connectivity index is 2.81. The molecule has 1 heterocycles. The maximum atomic E-state index is 12.0. The number of aromatic nitrogens is 1. The van der Waals surface area contributed by atoms with E-state index in [1.165, 1.54) is 6.08 Å². The average Bonchev–Trinajstić information content (AvgIpc) is 2.47. The SMILES string of the molecule is NCC=Cc1nc(C(F)(F)F)cs1. The van der Waals surface area contributed by atoms with E-state index < -0.39 is 11.9 Å². The van der Waals surface area contributed by atoms with Gasteiger partial charge in [0.15, 0.2) is 5.69 Å². The molecule has 1 rings (SSSR count). The van der Waals surface area contributed by atoms with E-state index in [0.29, 0.717) is 11.6 Å². The molecule has 0 unspecified atom stereocenters. The maximum absolute atomic E-state index is 12.0. The number of hydrogen-bond donors (Lipinski definition) is 1. The smallest absolute Gasteiger partial charge is 0.327 e. The lowest BCUT2D eigenvalue weighted by Crippen LogP contribution is -2.04. The summed E-state index contributed by atoms with van der Waals surface area (Å²) in [5.41, 5.74) is 4.28. The molecule has 6 heteroatoms. The Morgan fingerprint density at radius 3 is 2.69 bits per heavy atom. The molecular formula is C7H7F3N2S. The van der Waals surface area contributed by atoms with Crippen LogP contribution < -0.4 is 5.73 Å². The molecule has 0 saturated carbocycles. The lowest BCUT2D eigenvalue weighted by Gasteiger charge is -1.98. The molecule has 0 spiro atoms. The molecule has 0 aliphatic rings. The van der Waals surface area contributed by atoms with Gasteiger partial charge in [0.25, 0.3) is 0 Å². The first-order valence-corrected chi connectivity index (χ1v) is 4.31. The van der Waals surface area contributed by atoms with E-state index in [2.05, 4.69) is 4.98 Å². The average molecular weight is 208 g/mol. The fourth-order valence-corrected chi connectivity index (χ4v) is 1.41. The molecule has 0 aliphatic carbocycles. The highest BCUT2D eigenvalue weighted by Gasteiger charge is 2.33. The number of hydrogen-bond acceptors (Lipinski definition) is 3. The zero-order valence-corrected chi connectivity index (χ0v) is 7.32. The van der Waals surface area contributed by atoms with Crippen molar-refractivity contribution in [2.75, 3.05) is 6.54 Å². The number of alkyl halides is 3. The lowest BCUT2D eigenvalue weighted by atomic mass is 10.5. The van der Waals surface area contributed by atoms with Gasteiger partial charge in [0.2, 0.25) is 0 Å². The van der Waals surface area contributed by atoms with Crippen LogP contribution in [-0.4, -0.2) is 11.5 Å². The van der Waals surface area contributed by atoms with Gasteiger partial charge in [-0.1, -0.05) is 6.08 Å². The monoisotopic (exact) mass is 208 g/mol. The molecule has 2 nitrogen and oxygen atoms in total. The van der Waals surface area contributed by atoms with Crippen LogP contribution in [0.4, 0.5) is 13.2 Å². The van der Waals surface area contributed by atoms with Crippen LogP contribution in [0.2, 0.25) is 0 Å². The van der Waals surface area contributed by atoms with Crippen molar-refractivity contribution in [3.05, 3.63) is 22.2 Å². The molecule has 1 aromatic heterocycles. The van der Waals surface area contributed by atoms with E-state index in [0.717, 1.165) is 16.7 Å². The molecule has 0 amide bonds. The fraction of sp³-hybridized carbons (Fsp3) is 0.286. The summed E-state index contributed by atoms with van der Waals surface area (Å²) in [5, 5.41) is 1.30. The maximum Gasteiger partial charge on any atom is 0.434 e. The molecule has 0 bridgehead atoms. The van der Waals surface area contributed by atoms with E-state index in [9.17, 15) is 13.2 Å². The summed E-state index contributed by atoms with van der Waals surface area (Å²) in [6.45, 7) is 0.293. The second-order valence-corrected chi connectivity index (χ2v) is 3.10. The standard InChI is InChI=1S/C7H7F3N2S/c8-7(9,10)5-4-13-6(12-5)2-1-3-11/h1-2,4H,3,11H2. The van der Waals surface area contributed by atoms with Gasteiger partial charge in [-0.3, -0.25) is 0 Å². The largest absolute Gasteiger partial charge is 0.434 e. The highest BCUT2D eigenvalue weighted by molar-refractivity contribution is 7.10. The summed E-state index contributed by atoms with van der Waals surface area (Å²) in [7, 11) is 0. The van der Waals surface area contributed by atoms with Crippen LogP contribution in [0, 0.1) is 0 Å². The molecule has 13 heavy (non-hydrogen) atoms. The molecule has 2 N–H and O–H groups in total. The quantitative estimate of drug-likeness (QED) is 0.808. The minimum atomic E-state index is -4.36. The third-order valence-corrected chi connectivity index (χ3v) is 2.02. The Hall–Kier alpha value is -0.880. The van der Waals surface area contributed by atoms with E-state index >= 15 is 0 Å². The molecule has 0 aliphatic heterocycles. The second kappa shape index (κ2) is 3.89. The fourth-order valence-electron chi connectivity index (χ4n) is 0.663. The predicted molar refractivity (Wildman–Crippen MR) is 45.2 cm³/mol. The van der Waals surface area contributed by atoms with Crippen LogP contribution >= 0.6 is 11.3 Å². The number of nitrogens with zero attached hydrogens (tertiary/aromatic N) is 1. The van der Waals surface area contributed by atoms with Gasteiger partial charge in [0.1, 0.15) is 5.01 Å². The first kappa shape index (κ1) is 10.2. The molecule has 0 atom stereocenters. The minimum absolute atomic E-state index is 0.293. The Morgan fingerprint density at radius 1 is 1.54 bits per heavy atom. The third kappa shape index (κ3) is 2.82. The highest BCUT2D eigenvalue weighted by Crippen LogP contribution is 2.30. The van der Waals surface area contributed by atoms with Gasteiger partial charge in [-0.25, -0.2) is 4.98 Å². The summed E-state index contributed by atoms with van der Waals surface area (Å²) in [5.74, 6) is 0. The summed E-state index contributed by atoms with van der Waals surface area (Å²) in [6.07, 6.45) is -1.33. The van der Waals surface area contributed by atoms with Crippen LogP contribution in [-0.2, 0) is 6.18 Å². The first-order chi connectivity index (χ1) is 6.04. The molecule has 0 aromatic carbocycles. The number of halogens is 3. The van der Waals surface area contributed by atoms with Crippen molar-refractivity contribution in [1.29, 1.82) is 0 Å². The first-order valence-electron chi connectivity index (χ1n) is 3.43. The molecule has 0 fully saturated rings. The van der Waals surface area contributed by atoms with Crippen LogP contribution in [0.3, 0.4) is 0 Å². The Labute approximate surface area is 76.9 Å². The van der Waals surface area contributed by atoms with Gasteiger partial charge < -0.3 is 5.73 Å². The van der Waals surface area contributed by atoms with Crippen molar-refractivity contribution < 1.29 is 13.2 Å².